The largest absolute Gasteiger partial charge is 0.416 e. The molecule has 0 saturated carbocycles. The molecule has 2 aromatic heterocycles. The van der Waals surface area contributed by atoms with Crippen LogP contribution < -0.4 is 10.6 Å². The van der Waals surface area contributed by atoms with Crippen molar-refractivity contribution in [2.45, 2.75) is 56.3 Å². The average molecular weight is 555 g/mol. The average Bonchev–Trinajstić information content (AvgIpc) is 3.56. The first kappa shape index (κ1) is 26.9. The van der Waals surface area contributed by atoms with Gasteiger partial charge >= 0.3 is 6.18 Å². The minimum absolute atomic E-state index is 0.0120. The normalized spacial score (nSPS) is 23.8. The number of anilines is 1. The zero-order chi connectivity index (χ0) is 27.7. The molecule has 3 aliphatic rings. The number of alkyl halides is 3. The van der Waals surface area contributed by atoms with Crippen molar-refractivity contribution in [2.24, 2.45) is 5.92 Å². The number of likely N-dealkylation sites (tertiary alicyclic amines) is 1. The predicted octanol–water partition coefficient (Wildman–Crippen LogP) is 4.17. The van der Waals surface area contributed by atoms with Crippen LogP contribution >= 0.6 is 0 Å². The van der Waals surface area contributed by atoms with E-state index in [-0.39, 0.29) is 29.7 Å². The van der Waals surface area contributed by atoms with Gasteiger partial charge in [0.05, 0.1) is 17.6 Å². The number of ether oxygens (including phenoxy) is 1. The van der Waals surface area contributed by atoms with E-state index in [2.05, 4.69) is 36.6 Å². The number of halogens is 3. The number of fused-ring (bicyclic) bond motifs is 2. The zero-order valence-corrected chi connectivity index (χ0v) is 22.2. The summed E-state index contributed by atoms with van der Waals surface area (Å²) in [4.78, 5) is 28.1. The maximum atomic E-state index is 13.3. The third kappa shape index (κ3) is 5.76. The lowest BCUT2D eigenvalue weighted by atomic mass is 9.87. The molecular weight excluding hydrogens is 521 g/mol. The monoisotopic (exact) mass is 554 g/mol. The molecule has 1 amide bonds. The number of nitrogens with one attached hydrogen (secondary N) is 2. The van der Waals surface area contributed by atoms with Gasteiger partial charge in [0.25, 0.3) is 0 Å². The zero-order valence-electron chi connectivity index (χ0n) is 22.2. The number of pyridine rings is 1. The van der Waals surface area contributed by atoms with Gasteiger partial charge in [-0.15, -0.1) is 0 Å². The number of hydrogen-bond acceptors (Lipinski definition) is 7. The van der Waals surface area contributed by atoms with E-state index in [1.54, 1.807) is 0 Å². The number of carbonyl (C=O) groups is 1. The molecule has 3 atom stereocenters. The summed E-state index contributed by atoms with van der Waals surface area (Å²) in [6.07, 6.45) is 5.74. The van der Waals surface area contributed by atoms with E-state index >= 15 is 0 Å². The molecule has 1 aromatic carbocycles. The maximum absolute atomic E-state index is 13.3. The summed E-state index contributed by atoms with van der Waals surface area (Å²) in [6, 6.07) is 5.90. The Bertz CT molecular complexity index is 1360. The summed E-state index contributed by atoms with van der Waals surface area (Å²) >= 11 is 0. The van der Waals surface area contributed by atoms with Crippen LogP contribution in [-0.2, 0) is 22.1 Å². The highest BCUT2D eigenvalue weighted by molar-refractivity contribution is 5.91. The van der Waals surface area contributed by atoms with E-state index in [0.29, 0.717) is 23.4 Å². The molecule has 2 N–H and O–H groups in total. The van der Waals surface area contributed by atoms with Crippen molar-refractivity contribution in [3.8, 4) is 0 Å². The number of benzene rings is 1. The Balaban J connectivity index is 1.14. The molecule has 2 fully saturated rings. The predicted molar refractivity (Wildman–Crippen MR) is 144 cm³/mol. The van der Waals surface area contributed by atoms with Gasteiger partial charge in [0.2, 0.25) is 5.91 Å². The van der Waals surface area contributed by atoms with E-state index in [4.69, 9.17) is 4.74 Å². The smallest absolute Gasteiger partial charge is 0.381 e. The minimum atomic E-state index is -4.48. The van der Waals surface area contributed by atoms with E-state index < -0.39 is 11.7 Å². The number of amides is 1. The standard InChI is InChI=1S/C29H33F3N6O2/c30-29(31,32)21-3-4-25-24(12-21)28(36-17-35-25)34-14-27(39)37-26-16-38(22-6-9-40-10-7-22)15-20(26)11-18-1-2-19-13-33-8-5-23(18)19/h3-5,8,12-13,17-18,20,22,26H,1-2,6-7,9-11,14-16H2,(H,37,39)(H,34,35,36)/t18?,20-,26?/m0/s1. The van der Waals surface area contributed by atoms with Gasteiger partial charge in [0.1, 0.15) is 12.1 Å². The second-order valence-corrected chi connectivity index (χ2v) is 11.1. The van der Waals surface area contributed by atoms with Crippen LogP contribution in [0.3, 0.4) is 0 Å². The van der Waals surface area contributed by atoms with Crippen molar-refractivity contribution < 1.29 is 22.7 Å². The first-order chi connectivity index (χ1) is 19.3. The van der Waals surface area contributed by atoms with Gasteiger partial charge in [-0.3, -0.25) is 14.7 Å². The second-order valence-electron chi connectivity index (χ2n) is 11.1. The SMILES string of the molecule is O=C(CNc1ncnc2ccc(C(F)(F)F)cc12)NC1CN(C2CCOCC2)C[C@@H]1CC1CCc2cnccc21. The molecule has 0 bridgehead atoms. The van der Waals surface area contributed by atoms with Crippen LogP contribution in [0.15, 0.2) is 43.0 Å². The Hall–Kier alpha value is -3.31. The molecule has 0 radical (unpaired) electrons. The van der Waals surface area contributed by atoms with Gasteiger partial charge in [-0.2, -0.15) is 13.2 Å². The number of nitrogens with zero attached hydrogens (tertiary/aromatic N) is 4. The Morgan fingerprint density at radius 2 is 1.95 bits per heavy atom. The van der Waals surface area contributed by atoms with Crippen LogP contribution in [0.4, 0.5) is 19.0 Å². The summed E-state index contributed by atoms with van der Waals surface area (Å²) < 4.78 is 45.4. The minimum Gasteiger partial charge on any atom is -0.381 e. The number of hydrogen-bond donors (Lipinski definition) is 2. The lowest BCUT2D eigenvalue weighted by molar-refractivity contribution is -0.137. The summed E-state index contributed by atoms with van der Waals surface area (Å²) in [5, 5.41) is 6.41. The van der Waals surface area contributed by atoms with Crippen LogP contribution in [-0.4, -0.2) is 70.7 Å². The third-order valence-corrected chi connectivity index (χ3v) is 8.63. The molecule has 212 valence electrons. The number of carbonyl (C=O) groups excluding carboxylic acids is 1. The van der Waals surface area contributed by atoms with Gasteiger partial charge in [0.15, 0.2) is 0 Å². The topological polar surface area (TPSA) is 92.3 Å². The van der Waals surface area contributed by atoms with Crippen molar-refractivity contribution in [3.63, 3.8) is 0 Å². The Morgan fingerprint density at radius 1 is 1.10 bits per heavy atom. The fourth-order valence-electron chi connectivity index (χ4n) is 6.59. The van der Waals surface area contributed by atoms with Gasteiger partial charge < -0.3 is 15.4 Å². The molecular formula is C29H33F3N6O2. The quantitative estimate of drug-likeness (QED) is 0.453. The summed E-state index contributed by atoms with van der Waals surface area (Å²) in [5.74, 6) is 0.739. The van der Waals surface area contributed by atoms with Gasteiger partial charge in [-0.1, -0.05) is 0 Å². The van der Waals surface area contributed by atoms with Gasteiger partial charge in [-0.25, -0.2) is 9.97 Å². The third-order valence-electron chi connectivity index (χ3n) is 8.63. The highest BCUT2D eigenvalue weighted by Gasteiger charge is 2.39. The van der Waals surface area contributed by atoms with E-state index in [1.165, 1.54) is 23.5 Å². The highest BCUT2D eigenvalue weighted by Crippen LogP contribution is 2.40. The van der Waals surface area contributed by atoms with Crippen LogP contribution in [0, 0.1) is 5.92 Å². The molecule has 0 spiro atoms. The van der Waals surface area contributed by atoms with Gasteiger partial charge in [0, 0.05) is 56.2 Å². The Morgan fingerprint density at radius 3 is 2.77 bits per heavy atom. The first-order valence-corrected chi connectivity index (χ1v) is 13.9. The first-order valence-electron chi connectivity index (χ1n) is 13.9. The lowest BCUT2D eigenvalue weighted by Gasteiger charge is -2.31. The molecule has 2 saturated heterocycles. The molecule has 40 heavy (non-hydrogen) atoms. The molecule has 2 aliphatic heterocycles. The van der Waals surface area contributed by atoms with Crippen molar-refractivity contribution in [2.75, 3.05) is 38.2 Å². The summed E-state index contributed by atoms with van der Waals surface area (Å²) in [6.45, 7) is 3.14. The molecule has 4 heterocycles. The molecule has 2 unspecified atom stereocenters. The number of aryl methyl sites for hydroxylation is 1. The lowest BCUT2D eigenvalue weighted by Crippen LogP contribution is -2.44. The van der Waals surface area contributed by atoms with Crippen molar-refractivity contribution in [1.29, 1.82) is 0 Å². The summed E-state index contributed by atoms with van der Waals surface area (Å²) in [7, 11) is 0. The van der Waals surface area contributed by atoms with E-state index in [0.717, 1.165) is 70.5 Å². The Kier molecular flexibility index (Phi) is 7.59. The van der Waals surface area contributed by atoms with E-state index in [1.807, 2.05) is 12.4 Å². The fraction of sp³-hybridized carbons (Fsp3) is 0.517. The number of rotatable bonds is 7. The molecule has 1 aliphatic carbocycles. The van der Waals surface area contributed by atoms with Crippen LogP contribution in [0.1, 0.15) is 48.3 Å². The van der Waals surface area contributed by atoms with Crippen molar-refractivity contribution in [3.05, 3.63) is 59.7 Å². The highest BCUT2D eigenvalue weighted by atomic mass is 19.4. The molecule has 3 aromatic rings. The number of aromatic nitrogens is 3. The van der Waals surface area contributed by atoms with E-state index in [9.17, 15) is 18.0 Å². The van der Waals surface area contributed by atoms with Crippen LogP contribution in [0.5, 0.6) is 0 Å². The van der Waals surface area contributed by atoms with Crippen LogP contribution in [0.25, 0.3) is 10.9 Å². The summed E-state index contributed by atoms with van der Waals surface area (Å²) in [5.41, 5.74) is 2.29. The van der Waals surface area contributed by atoms with Gasteiger partial charge in [-0.05, 0) is 79.3 Å². The molecule has 8 nitrogen and oxygen atoms in total. The van der Waals surface area contributed by atoms with Crippen molar-refractivity contribution >= 4 is 22.6 Å². The van der Waals surface area contributed by atoms with Crippen molar-refractivity contribution in [1.82, 2.24) is 25.2 Å². The fourth-order valence-corrected chi connectivity index (χ4v) is 6.59. The molecule has 11 heteroatoms. The maximum Gasteiger partial charge on any atom is 0.416 e. The molecule has 6 rings (SSSR count). The van der Waals surface area contributed by atoms with Crippen LogP contribution in [0.2, 0.25) is 0 Å². The Labute approximate surface area is 230 Å². The second kappa shape index (κ2) is 11.3.